The minimum atomic E-state index is 0. The maximum absolute atomic E-state index is 5.87. The number of benzene rings is 1. The molecule has 1 aromatic rings. The quantitative estimate of drug-likeness (QED) is 0.269. The molecule has 2 rings (SSSR count). The first kappa shape index (κ1) is 26.1. The van der Waals surface area contributed by atoms with E-state index in [9.17, 15) is 0 Å². The van der Waals surface area contributed by atoms with Gasteiger partial charge in [-0.25, -0.2) is 0 Å². The van der Waals surface area contributed by atoms with Crippen molar-refractivity contribution in [2.45, 2.75) is 44.9 Å². The second-order valence-corrected chi connectivity index (χ2v) is 7.76. The second-order valence-electron chi connectivity index (χ2n) is 7.76. The lowest BCUT2D eigenvalue weighted by atomic mass is 10.2. The average Bonchev–Trinajstić information content (AvgIpc) is 3.13. The first-order chi connectivity index (χ1) is 13.6. The van der Waals surface area contributed by atoms with E-state index in [4.69, 9.17) is 4.74 Å². The van der Waals surface area contributed by atoms with Crippen molar-refractivity contribution in [3.63, 3.8) is 0 Å². The fourth-order valence-corrected chi connectivity index (χ4v) is 3.68. The van der Waals surface area contributed by atoms with Crippen molar-refractivity contribution >= 4 is 29.9 Å². The van der Waals surface area contributed by atoms with Crippen LogP contribution >= 0.6 is 24.0 Å². The van der Waals surface area contributed by atoms with Gasteiger partial charge in [-0.15, -0.1) is 24.0 Å². The van der Waals surface area contributed by atoms with Crippen LogP contribution < -0.4 is 10.6 Å². The minimum Gasteiger partial charge on any atom is -0.377 e. The van der Waals surface area contributed by atoms with Gasteiger partial charge in [0.25, 0.3) is 0 Å². The highest BCUT2D eigenvalue weighted by Gasteiger charge is 2.24. The molecule has 0 spiro atoms. The Bertz CT molecular complexity index is 570. The van der Waals surface area contributed by atoms with Gasteiger partial charge >= 0.3 is 0 Å². The van der Waals surface area contributed by atoms with Crippen LogP contribution in [0, 0.1) is 0 Å². The van der Waals surface area contributed by atoms with E-state index < -0.39 is 0 Å². The fourth-order valence-electron chi connectivity index (χ4n) is 3.68. The van der Waals surface area contributed by atoms with Crippen LogP contribution in [0.15, 0.2) is 35.3 Å². The van der Waals surface area contributed by atoms with Crippen LogP contribution in [-0.4, -0.2) is 81.8 Å². The molecule has 0 saturated carbocycles. The standard InChI is InChI=1S/C22H39N5O.HI/c1-5-28-21(13-15-26(3)4)17-25-22(23-2)24-16-20-12-9-14-27(20)18-19-10-7-6-8-11-19;/h6-8,10-11,20-21H,5,9,12-18H2,1-4H3,(H2,23,24,25);1H. The molecule has 0 radical (unpaired) electrons. The Morgan fingerprint density at radius 3 is 2.69 bits per heavy atom. The van der Waals surface area contributed by atoms with Gasteiger partial charge in [-0.2, -0.15) is 0 Å². The van der Waals surface area contributed by atoms with Gasteiger partial charge in [-0.3, -0.25) is 9.89 Å². The number of halogens is 1. The third kappa shape index (κ3) is 10.1. The number of guanidine groups is 1. The summed E-state index contributed by atoms with van der Waals surface area (Å²) in [5.41, 5.74) is 1.39. The van der Waals surface area contributed by atoms with E-state index >= 15 is 0 Å². The van der Waals surface area contributed by atoms with Crippen LogP contribution in [0.3, 0.4) is 0 Å². The van der Waals surface area contributed by atoms with Crippen molar-refractivity contribution in [3.8, 4) is 0 Å². The van der Waals surface area contributed by atoms with Crippen LogP contribution in [0.4, 0.5) is 0 Å². The Kier molecular flexibility index (Phi) is 13.5. The Morgan fingerprint density at radius 1 is 1.28 bits per heavy atom. The normalized spacial score (nSPS) is 18.5. The SMILES string of the molecule is CCOC(CCN(C)C)CNC(=NC)NCC1CCCN1Cc1ccccc1.I. The van der Waals surface area contributed by atoms with Crippen LogP contribution in [0.5, 0.6) is 0 Å². The first-order valence-corrected chi connectivity index (χ1v) is 10.6. The lowest BCUT2D eigenvalue weighted by molar-refractivity contribution is 0.0548. The van der Waals surface area contributed by atoms with Crippen LogP contribution in [0.2, 0.25) is 0 Å². The molecule has 6 nitrogen and oxygen atoms in total. The van der Waals surface area contributed by atoms with Crippen molar-refractivity contribution < 1.29 is 4.74 Å². The lowest BCUT2D eigenvalue weighted by Gasteiger charge is -2.26. The number of hydrogen-bond acceptors (Lipinski definition) is 4. The van der Waals surface area contributed by atoms with E-state index in [1.807, 2.05) is 7.05 Å². The number of aliphatic imine (C=N–C) groups is 1. The molecule has 1 saturated heterocycles. The van der Waals surface area contributed by atoms with Crippen molar-refractivity contribution in [1.82, 2.24) is 20.4 Å². The molecule has 29 heavy (non-hydrogen) atoms. The van der Waals surface area contributed by atoms with E-state index in [1.165, 1.54) is 24.9 Å². The summed E-state index contributed by atoms with van der Waals surface area (Å²) in [4.78, 5) is 9.17. The zero-order valence-corrected chi connectivity index (χ0v) is 20.9. The summed E-state index contributed by atoms with van der Waals surface area (Å²) >= 11 is 0. The predicted molar refractivity (Wildman–Crippen MR) is 133 cm³/mol. The second kappa shape index (κ2) is 15.0. The van der Waals surface area contributed by atoms with Crippen molar-refractivity contribution in [1.29, 1.82) is 0 Å². The van der Waals surface area contributed by atoms with E-state index in [1.54, 1.807) is 0 Å². The highest BCUT2D eigenvalue weighted by molar-refractivity contribution is 14.0. The van der Waals surface area contributed by atoms with Gasteiger partial charge in [-0.1, -0.05) is 30.3 Å². The summed E-state index contributed by atoms with van der Waals surface area (Å²) < 4.78 is 5.87. The molecule has 1 aliphatic heterocycles. The smallest absolute Gasteiger partial charge is 0.191 e. The van der Waals surface area contributed by atoms with Gasteiger partial charge < -0.3 is 20.3 Å². The first-order valence-electron chi connectivity index (χ1n) is 10.6. The molecule has 2 unspecified atom stereocenters. The van der Waals surface area contributed by atoms with E-state index in [2.05, 4.69) is 76.8 Å². The van der Waals surface area contributed by atoms with E-state index in [0.717, 1.165) is 45.2 Å². The summed E-state index contributed by atoms with van der Waals surface area (Å²) in [6, 6.07) is 11.3. The zero-order chi connectivity index (χ0) is 20.2. The van der Waals surface area contributed by atoms with Gasteiger partial charge in [0.15, 0.2) is 5.96 Å². The third-order valence-corrected chi connectivity index (χ3v) is 5.25. The summed E-state index contributed by atoms with van der Waals surface area (Å²) in [7, 11) is 6.03. The number of nitrogens with zero attached hydrogens (tertiary/aromatic N) is 3. The molecule has 1 aromatic carbocycles. The Hall–Kier alpha value is -0.900. The molecule has 2 N–H and O–H groups in total. The topological polar surface area (TPSA) is 52.1 Å². The lowest BCUT2D eigenvalue weighted by Crippen LogP contribution is -2.46. The van der Waals surface area contributed by atoms with Crippen LogP contribution in [0.1, 0.15) is 31.7 Å². The van der Waals surface area contributed by atoms with Gasteiger partial charge in [0.05, 0.1) is 6.10 Å². The summed E-state index contributed by atoms with van der Waals surface area (Å²) in [5, 5.41) is 6.96. The number of likely N-dealkylation sites (tertiary alicyclic amines) is 1. The maximum Gasteiger partial charge on any atom is 0.191 e. The minimum absolute atomic E-state index is 0. The number of rotatable bonds is 11. The van der Waals surface area contributed by atoms with Crippen LogP contribution in [-0.2, 0) is 11.3 Å². The monoisotopic (exact) mass is 517 g/mol. The molecule has 1 heterocycles. The fraction of sp³-hybridized carbons (Fsp3) is 0.682. The molecule has 166 valence electrons. The highest BCUT2D eigenvalue weighted by atomic mass is 127. The third-order valence-electron chi connectivity index (χ3n) is 5.25. The molecule has 1 aliphatic rings. The van der Waals surface area contributed by atoms with Crippen LogP contribution in [0.25, 0.3) is 0 Å². The largest absolute Gasteiger partial charge is 0.377 e. The van der Waals surface area contributed by atoms with Crippen molar-refractivity contribution in [2.24, 2.45) is 4.99 Å². The number of ether oxygens (including phenoxy) is 1. The molecule has 0 amide bonds. The van der Waals surface area contributed by atoms with Gasteiger partial charge in [0.2, 0.25) is 0 Å². The predicted octanol–water partition coefficient (Wildman–Crippen LogP) is 2.79. The number of hydrogen-bond donors (Lipinski definition) is 2. The van der Waals surface area contributed by atoms with Gasteiger partial charge in [-0.05, 0) is 52.4 Å². The number of nitrogens with one attached hydrogen (secondary N) is 2. The Balaban J connectivity index is 0.00000420. The summed E-state index contributed by atoms with van der Waals surface area (Å²) in [5.74, 6) is 0.862. The zero-order valence-electron chi connectivity index (χ0n) is 18.6. The molecular formula is C22H40IN5O. The molecule has 2 atom stereocenters. The van der Waals surface area contributed by atoms with Crippen molar-refractivity contribution in [3.05, 3.63) is 35.9 Å². The molecule has 0 bridgehead atoms. The maximum atomic E-state index is 5.87. The average molecular weight is 518 g/mol. The molecule has 0 aromatic heterocycles. The Morgan fingerprint density at radius 2 is 2.03 bits per heavy atom. The highest BCUT2D eigenvalue weighted by Crippen LogP contribution is 2.19. The Labute approximate surface area is 194 Å². The molecule has 7 heteroatoms. The summed E-state index contributed by atoms with van der Waals surface area (Å²) in [6.45, 7) is 7.71. The molecule has 1 fully saturated rings. The van der Waals surface area contributed by atoms with Crippen molar-refractivity contribution in [2.75, 3.05) is 53.9 Å². The molecule has 0 aliphatic carbocycles. The summed E-state index contributed by atoms with van der Waals surface area (Å²) in [6.07, 6.45) is 3.72. The van der Waals surface area contributed by atoms with Gasteiger partial charge in [0, 0.05) is 45.9 Å². The van der Waals surface area contributed by atoms with Gasteiger partial charge in [0.1, 0.15) is 0 Å². The van der Waals surface area contributed by atoms with E-state index in [-0.39, 0.29) is 30.1 Å². The molecular weight excluding hydrogens is 477 g/mol. The van der Waals surface area contributed by atoms with E-state index in [0.29, 0.717) is 6.04 Å².